The van der Waals surface area contributed by atoms with Crippen LogP contribution in [0.3, 0.4) is 0 Å². The molecule has 0 radical (unpaired) electrons. The van der Waals surface area contributed by atoms with Crippen LogP contribution in [0.15, 0.2) is 48.7 Å². The summed E-state index contributed by atoms with van der Waals surface area (Å²) in [5, 5.41) is 25.9. The smallest absolute Gasteiger partial charge is 0.268 e. The molecule has 2 aromatic carbocycles. The number of halogens is 1. The SMILES string of the molecule is CC(C)Oc1c(N2CCNCC2)c(F)cc2cc(C(=O)C=Cc3ccc(O)cc3)c[n+]([O-])c12. The number of phenols is 1. The lowest BCUT2D eigenvalue weighted by molar-refractivity contribution is -0.577. The molecule has 0 saturated carbocycles. The Labute approximate surface area is 191 Å². The Morgan fingerprint density at radius 1 is 1.24 bits per heavy atom. The van der Waals surface area contributed by atoms with E-state index >= 15 is 4.39 Å². The zero-order chi connectivity index (χ0) is 23.5. The molecule has 1 saturated heterocycles. The first-order chi connectivity index (χ1) is 15.8. The van der Waals surface area contributed by atoms with Crippen LogP contribution < -0.4 is 19.7 Å². The summed E-state index contributed by atoms with van der Waals surface area (Å²) in [6.07, 6.45) is 3.84. The van der Waals surface area contributed by atoms with Crippen molar-refractivity contribution in [2.45, 2.75) is 20.0 Å². The molecule has 8 heteroatoms. The minimum absolute atomic E-state index is 0.127. The van der Waals surface area contributed by atoms with Crippen molar-refractivity contribution >= 4 is 28.4 Å². The van der Waals surface area contributed by atoms with E-state index < -0.39 is 11.6 Å². The van der Waals surface area contributed by atoms with E-state index in [9.17, 15) is 15.1 Å². The summed E-state index contributed by atoms with van der Waals surface area (Å²) >= 11 is 0. The molecule has 33 heavy (non-hydrogen) atoms. The predicted octanol–water partition coefficient (Wildman–Crippen LogP) is 3.41. The topological polar surface area (TPSA) is 88.7 Å². The molecular formula is C25H26FN3O4. The van der Waals surface area contributed by atoms with Gasteiger partial charge in [-0.25, -0.2) is 4.39 Å². The summed E-state index contributed by atoms with van der Waals surface area (Å²) in [6.45, 7) is 6.23. The fourth-order valence-electron chi connectivity index (χ4n) is 3.88. The van der Waals surface area contributed by atoms with Crippen molar-refractivity contribution in [2.75, 3.05) is 31.1 Å². The second kappa shape index (κ2) is 9.46. The van der Waals surface area contributed by atoms with Gasteiger partial charge in [-0.3, -0.25) is 4.79 Å². The van der Waals surface area contributed by atoms with E-state index in [-0.39, 0.29) is 34.4 Å². The number of hydrogen-bond donors (Lipinski definition) is 2. The number of nitrogens with one attached hydrogen (secondary N) is 1. The van der Waals surface area contributed by atoms with Crippen molar-refractivity contribution in [3.63, 3.8) is 0 Å². The molecule has 1 aliphatic rings. The lowest BCUT2D eigenvalue weighted by Crippen LogP contribution is -2.44. The van der Waals surface area contributed by atoms with Gasteiger partial charge in [-0.2, -0.15) is 4.73 Å². The van der Waals surface area contributed by atoms with Gasteiger partial charge in [0.25, 0.3) is 5.52 Å². The second-order valence-electron chi connectivity index (χ2n) is 8.22. The zero-order valence-corrected chi connectivity index (χ0v) is 18.5. The number of ketones is 1. The first-order valence-corrected chi connectivity index (χ1v) is 10.9. The molecule has 2 heterocycles. The van der Waals surface area contributed by atoms with E-state index in [2.05, 4.69) is 5.32 Å². The number of ether oxygens (including phenoxy) is 1. The van der Waals surface area contributed by atoms with Gasteiger partial charge >= 0.3 is 0 Å². The monoisotopic (exact) mass is 451 g/mol. The van der Waals surface area contributed by atoms with Crippen molar-refractivity contribution in [3.05, 3.63) is 70.8 Å². The molecule has 0 spiro atoms. The number of nitrogens with zero attached hydrogens (tertiary/aromatic N) is 2. The minimum Gasteiger partial charge on any atom is -0.618 e. The zero-order valence-electron chi connectivity index (χ0n) is 18.5. The number of anilines is 1. The van der Waals surface area contributed by atoms with E-state index in [1.807, 2.05) is 18.7 Å². The maximum atomic E-state index is 15.3. The van der Waals surface area contributed by atoms with Crippen molar-refractivity contribution < 1.29 is 23.8 Å². The third kappa shape index (κ3) is 4.90. The number of phenolic OH excluding ortho intramolecular Hbond substituents is 1. The maximum absolute atomic E-state index is 15.3. The number of pyridine rings is 1. The summed E-state index contributed by atoms with van der Waals surface area (Å²) in [6, 6.07) is 9.15. The molecule has 2 N–H and O–H groups in total. The Morgan fingerprint density at radius 2 is 1.94 bits per heavy atom. The van der Waals surface area contributed by atoms with Gasteiger partial charge in [-0.1, -0.05) is 18.2 Å². The maximum Gasteiger partial charge on any atom is 0.268 e. The summed E-state index contributed by atoms with van der Waals surface area (Å²) in [7, 11) is 0. The summed E-state index contributed by atoms with van der Waals surface area (Å²) in [5.41, 5.74) is 1.32. The van der Waals surface area contributed by atoms with Gasteiger partial charge in [0.15, 0.2) is 17.8 Å². The van der Waals surface area contributed by atoms with E-state index in [4.69, 9.17) is 4.74 Å². The van der Waals surface area contributed by atoms with E-state index in [0.29, 0.717) is 36.3 Å². The van der Waals surface area contributed by atoms with Gasteiger partial charge in [0, 0.05) is 26.2 Å². The normalized spacial score (nSPS) is 14.4. The number of rotatable bonds is 6. The number of aromatic hydroxyl groups is 1. The number of carbonyl (C=O) groups excluding carboxylic acids is 1. The van der Waals surface area contributed by atoms with Gasteiger partial charge in [-0.15, -0.1) is 0 Å². The molecule has 7 nitrogen and oxygen atoms in total. The molecule has 0 amide bonds. The largest absolute Gasteiger partial charge is 0.618 e. The standard InChI is InChI=1S/C25H26FN3O4/c1-16(2)33-25-23-18(14-21(26)24(25)28-11-9-27-10-12-28)13-19(15-29(23)32)22(31)8-5-17-3-6-20(30)7-4-17/h3-8,13-16,27,30H,9-12H2,1-2H3. The lowest BCUT2D eigenvalue weighted by Gasteiger charge is -2.31. The molecule has 3 aromatic rings. The molecular weight excluding hydrogens is 425 g/mol. The Balaban J connectivity index is 1.76. The fraction of sp³-hybridized carbons (Fsp3) is 0.280. The average Bonchev–Trinajstić information content (AvgIpc) is 2.78. The highest BCUT2D eigenvalue weighted by Crippen LogP contribution is 2.38. The Hall–Kier alpha value is -3.65. The van der Waals surface area contributed by atoms with Gasteiger partial charge in [0.1, 0.15) is 11.4 Å². The quantitative estimate of drug-likeness (QED) is 0.258. The van der Waals surface area contributed by atoms with Crippen LogP contribution in [-0.2, 0) is 0 Å². The number of fused-ring (bicyclic) bond motifs is 1. The molecule has 4 rings (SSSR count). The van der Waals surface area contributed by atoms with Crippen LogP contribution in [-0.4, -0.2) is 43.2 Å². The molecule has 0 atom stereocenters. The van der Waals surface area contributed by atoms with Gasteiger partial charge in [0.2, 0.25) is 5.75 Å². The molecule has 1 aliphatic heterocycles. The Kier molecular flexibility index (Phi) is 6.46. The number of allylic oxidation sites excluding steroid dienone is 1. The first kappa shape index (κ1) is 22.5. The minimum atomic E-state index is -0.496. The number of benzene rings is 2. The van der Waals surface area contributed by atoms with Crippen molar-refractivity contribution in [3.8, 4) is 11.5 Å². The molecule has 172 valence electrons. The van der Waals surface area contributed by atoms with Gasteiger partial charge < -0.3 is 25.3 Å². The van der Waals surface area contributed by atoms with Crippen molar-refractivity contribution in [1.82, 2.24) is 5.32 Å². The van der Waals surface area contributed by atoms with Crippen molar-refractivity contribution in [2.24, 2.45) is 0 Å². The predicted molar refractivity (Wildman–Crippen MR) is 125 cm³/mol. The van der Waals surface area contributed by atoms with Gasteiger partial charge in [0.05, 0.1) is 17.1 Å². The molecule has 0 bridgehead atoms. The fourth-order valence-corrected chi connectivity index (χ4v) is 3.88. The number of aromatic nitrogens is 1. The third-order valence-corrected chi connectivity index (χ3v) is 5.39. The van der Waals surface area contributed by atoms with Crippen LogP contribution in [0.2, 0.25) is 0 Å². The van der Waals surface area contributed by atoms with E-state index in [1.54, 1.807) is 18.2 Å². The third-order valence-electron chi connectivity index (χ3n) is 5.39. The second-order valence-corrected chi connectivity index (χ2v) is 8.22. The molecule has 1 aromatic heterocycles. The first-order valence-electron chi connectivity index (χ1n) is 10.9. The Morgan fingerprint density at radius 3 is 2.61 bits per heavy atom. The lowest BCUT2D eigenvalue weighted by atomic mass is 10.1. The molecule has 1 fully saturated rings. The van der Waals surface area contributed by atoms with Crippen LogP contribution in [0.25, 0.3) is 17.0 Å². The Bertz CT molecular complexity index is 1200. The average molecular weight is 451 g/mol. The van der Waals surface area contributed by atoms with E-state index in [0.717, 1.165) is 5.56 Å². The summed E-state index contributed by atoms with van der Waals surface area (Å²) in [5.74, 6) is -0.575. The van der Waals surface area contributed by atoms with Gasteiger partial charge in [-0.05, 0) is 49.8 Å². The number of carbonyl (C=O) groups is 1. The highest BCUT2D eigenvalue weighted by Gasteiger charge is 2.28. The van der Waals surface area contributed by atoms with Crippen LogP contribution in [0.1, 0.15) is 29.8 Å². The van der Waals surface area contributed by atoms with Crippen LogP contribution in [0.4, 0.5) is 10.1 Å². The van der Waals surface area contributed by atoms with E-state index in [1.165, 1.54) is 36.5 Å². The summed E-state index contributed by atoms with van der Waals surface area (Å²) in [4.78, 5) is 14.6. The highest BCUT2D eigenvalue weighted by molar-refractivity contribution is 6.08. The molecule has 0 unspecified atom stereocenters. The molecule has 0 aliphatic carbocycles. The highest BCUT2D eigenvalue weighted by atomic mass is 19.1. The van der Waals surface area contributed by atoms with Crippen LogP contribution >= 0.6 is 0 Å². The van der Waals surface area contributed by atoms with Crippen molar-refractivity contribution in [1.29, 1.82) is 0 Å². The number of piperazine rings is 1. The van der Waals surface area contributed by atoms with Crippen LogP contribution in [0, 0.1) is 11.0 Å². The number of hydrogen-bond acceptors (Lipinski definition) is 6. The van der Waals surface area contributed by atoms with Crippen LogP contribution in [0.5, 0.6) is 11.5 Å². The summed E-state index contributed by atoms with van der Waals surface area (Å²) < 4.78 is 21.8.